The van der Waals surface area contributed by atoms with Crippen LogP contribution < -0.4 is 10.2 Å². The van der Waals surface area contributed by atoms with Gasteiger partial charge in [-0.3, -0.25) is 0 Å². The summed E-state index contributed by atoms with van der Waals surface area (Å²) in [4.78, 5) is 18.0. The van der Waals surface area contributed by atoms with E-state index in [0.717, 1.165) is 31.6 Å². The number of aromatic nitrogens is 1. The lowest BCUT2D eigenvalue weighted by molar-refractivity contribution is 0.0517. The third-order valence-corrected chi connectivity index (χ3v) is 3.73. The Morgan fingerprint density at radius 3 is 3.00 bits per heavy atom. The third-order valence-electron chi connectivity index (χ3n) is 3.53. The van der Waals surface area contributed by atoms with Crippen LogP contribution in [0.2, 0.25) is 5.15 Å². The highest BCUT2D eigenvalue weighted by Gasteiger charge is 2.22. The van der Waals surface area contributed by atoms with Crippen molar-refractivity contribution < 1.29 is 9.53 Å². The van der Waals surface area contributed by atoms with E-state index in [-0.39, 0.29) is 6.09 Å². The van der Waals surface area contributed by atoms with Gasteiger partial charge in [-0.05, 0) is 51.7 Å². The maximum atomic E-state index is 11.7. The molecule has 1 atom stereocenters. The Kier molecular flexibility index (Phi) is 5.51. The molecule has 6 heteroatoms. The second kappa shape index (κ2) is 7.18. The van der Waals surface area contributed by atoms with Crippen molar-refractivity contribution in [2.75, 3.05) is 24.5 Å². The standard InChI is InChI=1S/C16H24ClN3O2/c1-16(2,3)22-15(21)19-10-12-5-4-8-20(11-12)13-6-7-18-14(17)9-13/h6-7,9,12H,4-5,8,10-11H2,1-3H3,(H,19,21). The van der Waals surface area contributed by atoms with Crippen molar-refractivity contribution >= 4 is 23.4 Å². The van der Waals surface area contributed by atoms with Gasteiger partial charge in [0, 0.05) is 31.5 Å². The largest absolute Gasteiger partial charge is 0.444 e. The van der Waals surface area contributed by atoms with E-state index in [4.69, 9.17) is 16.3 Å². The topological polar surface area (TPSA) is 54.5 Å². The molecule has 2 heterocycles. The monoisotopic (exact) mass is 325 g/mol. The van der Waals surface area contributed by atoms with Gasteiger partial charge in [0.25, 0.3) is 0 Å². The summed E-state index contributed by atoms with van der Waals surface area (Å²) in [5.74, 6) is 0.410. The van der Waals surface area contributed by atoms with Gasteiger partial charge < -0.3 is 15.0 Å². The number of carbonyl (C=O) groups excluding carboxylic acids is 1. The molecular weight excluding hydrogens is 302 g/mol. The highest BCUT2D eigenvalue weighted by atomic mass is 35.5. The van der Waals surface area contributed by atoms with Crippen LogP contribution in [-0.4, -0.2) is 36.3 Å². The zero-order valence-electron chi connectivity index (χ0n) is 13.4. The van der Waals surface area contributed by atoms with Gasteiger partial charge in [-0.25, -0.2) is 9.78 Å². The predicted molar refractivity (Wildman–Crippen MR) is 88.4 cm³/mol. The molecule has 1 unspecified atom stereocenters. The van der Waals surface area contributed by atoms with E-state index in [9.17, 15) is 4.79 Å². The predicted octanol–water partition coefficient (Wildman–Crippen LogP) is 3.48. The first-order valence-corrected chi connectivity index (χ1v) is 8.04. The number of amides is 1. The number of hydrogen-bond acceptors (Lipinski definition) is 4. The van der Waals surface area contributed by atoms with E-state index in [1.807, 2.05) is 32.9 Å². The molecule has 1 N–H and O–H groups in total. The third kappa shape index (κ3) is 5.37. The van der Waals surface area contributed by atoms with Crippen LogP contribution in [0.3, 0.4) is 0 Å². The molecule has 0 bridgehead atoms. The molecule has 2 rings (SSSR count). The minimum absolute atomic E-state index is 0.350. The lowest BCUT2D eigenvalue weighted by Crippen LogP contribution is -2.42. The molecular formula is C16H24ClN3O2. The molecule has 1 aliphatic heterocycles. The highest BCUT2D eigenvalue weighted by molar-refractivity contribution is 6.29. The van der Waals surface area contributed by atoms with Crippen molar-refractivity contribution in [3.05, 3.63) is 23.5 Å². The fraction of sp³-hybridized carbons (Fsp3) is 0.625. The van der Waals surface area contributed by atoms with Crippen LogP contribution in [0.1, 0.15) is 33.6 Å². The number of piperidine rings is 1. The second-order valence-corrected chi connectivity index (χ2v) is 7.06. The van der Waals surface area contributed by atoms with Crippen LogP contribution in [0.5, 0.6) is 0 Å². The van der Waals surface area contributed by atoms with Crippen LogP contribution in [0.25, 0.3) is 0 Å². The van der Waals surface area contributed by atoms with Gasteiger partial charge in [0.2, 0.25) is 0 Å². The summed E-state index contributed by atoms with van der Waals surface area (Å²) < 4.78 is 5.27. The number of anilines is 1. The molecule has 0 aliphatic carbocycles. The molecule has 0 aromatic carbocycles. The Labute approximate surface area is 137 Å². The summed E-state index contributed by atoms with van der Waals surface area (Å²) in [7, 11) is 0. The summed E-state index contributed by atoms with van der Waals surface area (Å²) in [6.45, 7) is 8.12. The SMILES string of the molecule is CC(C)(C)OC(=O)NCC1CCCN(c2ccnc(Cl)c2)C1. The number of hydrogen-bond donors (Lipinski definition) is 1. The van der Waals surface area contributed by atoms with Gasteiger partial charge in [0.05, 0.1) is 0 Å². The Morgan fingerprint density at radius 1 is 1.55 bits per heavy atom. The number of pyridine rings is 1. The molecule has 0 radical (unpaired) electrons. The van der Waals surface area contributed by atoms with Gasteiger partial charge in [0.15, 0.2) is 0 Å². The lowest BCUT2D eigenvalue weighted by atomic mass is 9.97. The van der Waals surface area contributed by atoms with Crippen LogP contribution in [0, 0.1) is 5.92 Å². The Bertz CT molecular complexity index is 516. The number of rotatable bonds is 3. The quantitative estimate of drug-likeness (QED) is 0.864. The molecule has 1 saturated heterocycles. The van der Waals surface area contributed by atoms with Gasteiger partial charge in [-0.2, -0.15) is 0 Å². The number of nitrogens with one attached hydrogen (secondary N) is 1. The van der Waals surface area contributed by atoms with Crippen molar-refractivity contribution in [3.63, 3.8) is 0 Å². The van der Waals surface area contributed by atoms with E-state index in [0.29, 0.717) is 17.6 Å². The summed E-state index contributed by atoms with van der Waals surface area (Å²) in [6, 6.07) is 3.85. The molecule has 22 heavy (non-hydrogen) atoms. The average molecular weight is 326 g/mol. The number of halogens is 1. The molecule has 1 aliphatic rings. The van der Waals surface area contributed by atoms with E-state index in [1.54, 1.807) is 6.20 Å². The summed E-state index contributed by atoms with van der Waals surface area (Å²) in [5.41, 5.74) is 0.623. The summed E-state index contributed by atoms with van der Waals surface area (Å²) in [6.07, 6.45) is 3.57. The molecule has 0 saturated carbocycles. The highest BCUT2D eigenvalue weighted by Crippen LogP contribution is 2.24. The van der Waals surface area contributed by atoms with Crippen LogP contribution in [0.15, 0.2) is 18.3 Å². The second-order valence-electron chi connectivity index (χ2n) is 6.67. The van der Waals surface area contributed by atoms with Crippen molar-refractivity contribution in [2.24, 2.45) is 5.92 Å². The van der Waals surface area contributed by atoms with Gasteiger partial charge >= 0.3 is 6.09 Å². The fourth-order valence-electron chi connectivity index (χ4n) is 2.60. The maximum Gasteiger partial charge on any atom is 0.407 e. The summed E-state index contributed by atoms with van der Waals surface area (Å²) in [5, 5.41) is 3.37. The first-order valence-electron chi connectivity index (χ1n) is 7.67. The average Bonchev–Trinajstić information content (AvgIpc) is 2.44. The molecule has 5 nitrogen and oxygen atoms in total. The van der Waals surface area contributed by atoms with E-state index in [1.165, 1.54) is 0 Å². The summed E-state index contributed by atoms with van der Waals surface area (Å²) >= 11 is 5.95. The molecule has 0 spiro atoms. The lowest BCUT2D eigenvalue weighted by Gasteiger charge is -2.34. The van der Waals surface area contributed by atoms with Gasteiger partial charge in [-0.1, -0.05) is 11.6 Å². The molecule has 1 aromatic rings. The molecule has 1 amide bonds. The van der Waals surface area contributed by atoms with E-state index < -0.39 is 5.60 Å². The first kappa shape index (κ1) is 16.9. The molecule has 1 fully saturated rings. The van der Waals surface area contributed by atoms with E-state index >= 15 is 0 Å². The maximum absolute atomic E-state index is 11.7. The van der Waals surface area contributed by atoms with Gasteiger partial charge in [-0.15, -0.1) is 0 Å². The smallest absolute Gasteiger partial charge is 0.407 e. The minimum atomic E-state index is -0.462. The van der Waals surface area contributed by atoms with Crippen LogP contribution in [0.4, 0.5) is 10.5 Å². The zero-order chi connectivity index (χ0) is 16.2. The van der Waals surface area contributed by atoms with Crippen molar-refractivity contribution in [2.45, 2.75) is 39.2 Å². The van der Waals surface area contributed by atoms with Crippen molar-refractivity contribution in [1.29, 1.82) is 0 Å². The van der Waals surface area contributed by atoms with Crippen LogP contribution in [-0.2, 0) is 4.74 Å². The molecule has 122 valence electrons. The molecule has 1 aromatic heterocycles. The first-order chi connectivity index (χ1) is 10.3. The number of nitrogens with zero attached hydrogens (tertiary/aromatic N) is 2. The van der Waals surface area contributed by atoms with Crippen molar-refractivity contribution in [1.82, 2.24) is 10.3 Å². The van der Waals surface area contributed by atoms with Gasteiger partial charge in [0.1, 0.15) is 10.8 Å². The number of ether oxygens (including phenoxy) is 1. The fourth-order valence-corrected chi connectivity index (χ4v) is 2.77. The van der Waals surface area contributed by atoms with Crippen molar-refractivity contribution in [3.8, 4) is 0 Å². The van der Waals surface area contributed by atoms with E-state index in [2.05, 4.69) is 15.2 Å². The Morgan fingerprint density at radius 2 is 2.32 bits per heavy atom. The van der Waals surface area contributed by atoms with Crippen LogP contribution >= 0.6 is 11.6 Å². The zero-order valence-corrected chi connectivity index (χ0v) is 14.2. The Hall–Kier alpha value is -1.49. The number of alkyl carbamates (subject to hydrolysis) is 1. The number of carbonyl (C=O) groups is 1. The normalized spacial score (nSPS) is 18.9. The minimum Gasteiger partial charge on any atom is -0.444 e. The Balaban J connectivity index is 1.85.